The molecule has 0 aliphatic carbocycles. The molecule has 0 radical (unpaired) electrons. The van der Waals surface area contributed by atoms with Crippen LogP contribution in [0.25, 0.3) is 0 Å². The molecule has 2 aliphatic heterocycles. The highest BCUT2D eigenvalue weighted by Gasteiger charge is 2.46. The molecule has 4 N–H and O–H groups in total. The Labute approximate surface area is 158 Å². The normalized spacial score (nSPS) is 25.7. The van der Waals surface area contributed by atoms with E-state index >= 15 is 0 Å². The van der Waals surface area contributed by atoms with Crippen LogP contribution in [0.3, 0.4) is 0 Å². The maximum Gasteiger partial charge on any atom is 0.337 e. The van der Waals surface area contributed by atoms with Gasteiger partial charge in [0.25, 0.3) is 0 Å². The minimum atomic E-state index is -1.69. The van der Waals surface area contributed by atoms with Gasteiger partial charge in [-0.05, 0) is 43.7 Å². The zero-order chi connectivity index (χ0) is 19.9. The highest BCUT2D eigenvalue weighted by atomic mass is 16.6. The fourth-order valence-corrected chi connectivity index (χ4v) is 3.04. The van der Waals surface area contributed by atoms with Crippen molar-refractivity contribution < 1.29 is 29.3 Å². The summed E-state index contributed by atoms with van der Waals surface area (Å²) in [4.78, 5) is 23.1. The van der Waals surface area contributed by atoms with Crippen LogP contribution < -0.4 is 10.6 Å². The number of hydrogen-bond acceptors (Lipinski definition) is 6. The summed E-state index contributed by atoms with van der Waals surface area (Å²) >= 11 is 0. The van der Waals surface area contributed by atoms with E-state index in [4.69, 9.17) is 14.6 Å². The van der Waals surface area contributed by atoms with Crippen LogP contribution in [0.15, 0.2) is 35.8 Å². The number of dihydropyridines is 1. The van der Waals surface area contributed by atoms with Crippen molar-refractivity contribution in [3.05, 3.63) is 35.8 Å². The molecule has 0 aromatic heterocycles. The lowest BCUT2D eigenvalue weighted by Gasteiger charge is -2.38. The van der Waals surface area contributed by atoms with Crippen molar-refractivity contribution in [2.45, 2.75) is 32.4 Å². The highest BCUT2D eigenvalue weighted by Crippen LogP contribution is 2.32. The van der Waals surface area contributed by atoms with E-state index in [0.717, 1.165) is 25.9 Å². The highest BCUT2D eigenvalue weighted by molar-refractivity contribution is 5.97. The summed E-state index contributed by atoms with van der Waals surface area (Å²) in [5.41, 5.74) is -2.13. The number of carbonyl (C=O) groups is 2. The number of nitrogens with one attached hydrogen (secondary N) is 2. The number of ether oxygens (including phenoxy) is 2. The molecule has 0 saturated carbocycles. The first-order valence-electron chi connectivity index (χ1n) is 9.16. The van der Waals surface area contributed by atoms with Crippen LogP contribution in [0.1, 0.15) is 26.7 Å². The Morgan fingerprint density at radius 3 is 2.78 bits per heavy atom. The molecule has 1 saturated heterocycles. The smallest absolute Gasteiger partial charge is 0.337 e. The molecule has 0 amide bonds. The number of carboxylic acids is 2. The van der Waals surface area contributed by atoms with E-state index in [1.165, 1.54) is 6.20 Å². The standard InChI is InChI=1S/C19H28N2O6/c1-13(2)11-27-19(15(18(24)25)9-17(22)23)16(6-4-8-21-19)26-12-14-5-3-7-20-10-14/h4,6,8-9,13-14,20-21H,3,5,7,10-12H2,1-2H3,(H,22,23)(H,24,25)/b15-9-/t14?,19-/m0/s1. The van der Waals surface area contributed by atoms with Gasteiger partial charge in [-0.1, -0.05) is 13.8 Å². The van der Waals surface area contributed by atoms with Crippen LogP contribution in [0.4, 0.5) is 0 Å². The van der Waals surface area contributed by atoms with Gasteiger partial charge in [0.15, 0.2) is 5.76 Å². The minimum Gasteiger partial charge on any atom is -0.492 e. The number of piperidine rings is 1. The molecule has 1 unspecified atom stereocenters. The topological polar surface area (TPSA) is 117 Å². The number of rotatable bonds is 9. The Morgan fingerprint density at radius 2 is 2.19 bits per heavy atom. The molecule has 2 rings (SSSR count). The summed E-state index contributed by atoms with van der Waals surface area (Å²) in [5.74, 6) is -2.11. The molecule has 1 fully saturated rings. The largest absolute Gasteiger partial charge is 0.492 e. The predicted octanol–water partition coefficient (Wildman–Crippen LogP) is 1.47. The summed E-state index contributed by atoms with van der Waals surface area (Å²) < 4.78 is 11.9. The van der Waals surface area contributed by atoms with Crippen LogP contribution in [0.2, 0.25) is 0 Å². The van der Waals surface area contributed by atoms with Gasteiger partial charge in [-0.3, -0.25) is 0 Å². The molecular weight excluding hydrogens is 352 g/mol. The maximum absolute atomic E-state index is 11.9. The van der Waals surface area contributed by atoms with E-state index in [9.17, 15) is 14.7 Å². The molecule has 8 heteroatoms. The lowest BCUT2D eigenvalue weighted by molar-refractivity contribution is -0.140. The van der Waals surface area contributed by atoms with Gasteiger partial charge in [0.2, 0.25) is 5.72 Å². The van der Waals surface area contributed by atoms with Gasteiger partial charge in [0.1, 0.15) is 5.57 Å². The number of allylic oxidation sites excluding steroid dienone is 2. The molecule has 8 nitrogen and oxygen atoms in total. The molecule has 2 heterocycles. The number of carboxylic acid groups (broad SMARTS) is 2. The minimum absolute atomic E-state index is 0.109. The summed E-state index contributed by atoms with van der Waals surface area (Å²) in [5, 5.41) is 25.0. The molecule has 150 valence electrons. The monoisotopic (exact) mass is 380 g/mol. The second-order valence-corrected chi connectivity index (χ2v) is 7.15. The molecule has 0 aromatic rings. The van der Waals surface area contributed by atoms with Crippen molar-refractivity contribution in [1.82, 2.24) is 10.6 Å². The zero-order valence-corrected chi connectivity index (χ0v) is 15.7. The third kappa shape index (κ3) is 5.58. The average Bonchev–Trinajstić information content (AvgIpc) is 2.64. The lowest BCUT2D eigenvalue weighted by atomic mass is 9.96. The zero-order valence-electron chi connectivity index (χ0n) is 15.7. The third-order valence-corrected chi connectivity index (χ3v) is 4.36. The van der Waals surface area contributed by atoms with Gasteiger partial charge < -0.3 is 30.3 Å². The van der Waals surface area contributed by atoms with Gasteiger partial charge in [0.05, 0.1) is 13.2 Å². The fourth-order valence-electron chi connectivity index (χ4n) is 3.04. The van der Waals surface area contributed by atoms with E-state index in [1.807, 2.05) is 13.8 Å². The van der Waals surface area contributed by atoms with Crippen LogP contribution >= 0.6 is 0 Å². The summed E-state index contributed by atoms with van der Waals surface area (Å²) in [6.45, 7) is 6.26. The Morgan fingerprint density at radius 1 is 1.41 bits per heavy atom. The number of hydrogen-bond donors (Lipinski definition) is 4. The molecular formula is C19H28N2O6. The van der Waals surface area contributed by atoms with Gasteiger partial charge in [0, 0.05) is 18.5 Å². The van der Waals surface area contributed by atoms with Gasteiger partial charge in [-0.15, -0.1) is 0 Å². The quantitative estimate of drug-likeness (QED) is 0.444. The van der Waals surface area contributed by atoms with Gasteiger partial charge in [-0.2, -0.15) is 0 Å². The van der Waals surface area contributed by atoms with Crippen molar-refractivity contribution in [2.24, 2.45) is 11.8 Å². The van der Waals surface area contributed by atoms with Crippen molar-refractivity contribution in [1.29, 1.82) is 0 Å². The average molecular weight is 380 g/mol. The summed E-state index contributed by atoms with van der Waals surface area (Å²) in [7, 11) is 0. The second-order valence-electron chi connectivity index (χ2n) is 7.15. The van der Waals surface area contributed by atoms with E-state index in [0.29, 0.717) is 18.6 Å². The van der Waals surface area contributed by atoms with Gasteiger partial charge >= 0.3 is 11.9 Å². The molecule has 2 atom stereocenters. The Bertz CT molecular complexity index is 634. The van der Waals surface area contributed by atoms with Crippen molar-refractivity contribution >= 4 is 11.9 Å². The van der Waals surface area contributed by atoms with Crippen LogP contribution in [0, 0.1) is 11.8 Å². The van der Waals surface area contributed by atoms with Gasteiger partial charge in [-0.25, -0.2) is 9.59 Å². The van der Waals surface area contributed by atoms with E-state index < -0.39 is 23.2 Å². The van der Waals surface area contributed by atoms with E-state index in [-0.39, 0.29) is 18.3 Å². The first kappa shape index (κ1) is 21.0. The first-order chi connectivity index (χ1) is 12.8. The molecule has 0 aromatic carbocycles. The maximum atomic E-state index is 11.9. The van der Waals surface area contributed by atoms with Crippen molar-refractivity contribution in [3.8, 4) is 0 Å². The molecule has 2 aliphatic rings. The van der Waals surface area contributed by atoms with Crippen LogP contribution in [0.5, 0.6) is 0 Å². The first-order valence-corrected chi connectivity index (χ1v) is 9.16. The Hall–Kier alpha value is -2.32. The Balaban J connectivity index is 2.32. The van der Waals surface area contributed by atoms with E-state index in [1.54, 1.807) is 12.2 Å². The predicted molar refractivity (Wildman–Crippen MR) is 98.8 cm³/mol. The van der Waals surface area contributed by atoms with E-state index in [2.05, 4.69) is 10.6 Å². The summed E-state index contributed by atoms with van der Waals surface area (Å²) in [6, 6.07) is 0. The molecule has 0 spiro atoms. The lowest BCUT2D eigenvalue weighted by Crippen LogP contribution is -2.53. The second kappa shape index (κ2) is 9.57. The Kier molecular flexibility index (Phi) is 7.44. The van der Waals surface area contributed by atoms with Crippen molar-refractivity contribution in [2.75, 3.05) is 26.3 Å². The summed E-state index contributed by atoms with van der Waals surface area (Å²) in [6.07, 6.45) is 7.53. The molecule has 0 bridgehead atoms. The van der Waals surface area contributed by atoms with Crippen molar-refractivity contribution in [3.63, 3.8) is 0 Å². The number of aliphatic carboxylic acids is 2. The molecule has 27 heavy (non-hydrogen) atoms. The van der Waals surface area contributed by atoms with Crippen LogP contribution in [-0.4, -0.2) is 54.2 Å². The fraction of sp³-hybridized carbons (Fsp3) is 0.579. The SMILES string of the molecule is CC(C)CO[C@]1(/C(=C\C(=O)O)C(=O)O)NC=CC=C1OCC1CCCNC1. The third-order valence-electron chi connectivity index (χ3n) is 4.36. The van der Waals surface area contributed by atoms with Crippen LogP contribution in [-0.2, 0) is 19.1 Å².